The van der Waals surface area contributed by atoms with Crippen LogP contribution in [-0.4, -0.2) is 12.6 Å². The van der Waals surface area contributed by atoms with E-state index in [1.165, 1.54) is 12.1 Å². The molecule has 0 bridgehead atoms. The number of hydrogen-bond donors (Lipinski definition) is 1. The minimum Gasteiger partial charge on any atom is -0.445 e. The quantitative estimate of drug-likeness (QED) is 0.706. The zero-order valence-electron chi connectivity index (χ0n) is 11.9. The lowest BCUT2D eigenvalue weighted by molar-refractivity contribution is 0.141. The Morgan fingerprint density at radius 2 is 1.83 bits per heavy atom. The largest absolute Gasteiger partial charge is 0.445 e. The van der Waals surface area contributed by atoms with Crippen molar-refractivity contribution in [2.24, 2.45) is 0 Å². The van der Waals surface area contributed by atoms with Crippen LogP contribution in [0.3, 0.4) is 0 Å². The van der Waals surface area contributed by atoms with E-state index < -0.39 is 6.09 Å². The van der Waals surface area contributed by atoms with Crippen molar-refractivity contribution in [3.05, 3.63) is 68.4 Å². The van der Waals surface area contributed by atoms with Gasteiger partial charge in [-0.05, 0) is 49.6 Å². The molecule has 0 unspecified atom stereocenters. The summed E-state index contributed by atoms with van der Waals surface area (Å²) in [5.74, 6) is 5.28. The van der Waals surface area contributed by atoms with E-state index >= 15 is 0 Å². The number of amides is 1. The van der Waals surface area contributed by atoms with Crippen LogP contribution in [0, 0.1) is 17.7 Å². The second-order valence-corrected chi connectivity index (χ2v) is 6.17. The number of carbonyl (C=O) groups is 1. The molecule has 1 N–H and O–H groups in total. The molecule has 3 nitrogen and oxygen atoms in total. The number of benzene rings is 2. The third kappa shape index (κ3) is 5.70. The van der Waals surface area contributed by atoms with Crippen molar-refractivity contribution in [2.45, 2.75) is 6.61 Å². The Labute approximate surface area is 150 Å². The minimum atomic E-state index is -0.541. The summed E-state index contributed by atoms with van der Waals surface area (Å²) < 4.78 is 19.3. The molecule has 0 aliphatic carbocycles. The summed E-state index contributed by atoms with van der Waals surface area (Å²) >= 11 is 6.49. The van der Waals surface area contributed by atoms with Crippen molar-refractivity contribution in [1.29, 1.82) is 0 Å². The summed E-state index contributed by atoms with van der Waals surface area (Å²) in [5.41, 5.74) is 1.53. The van der Waals surface area contributed by atoms with Crippen molar-refractivity contribution >= 4 is 38.0 Å². The van der Waals surface area contributed by atoms with Gasteiger partial charge >= 0.3 is 6.09 Å². The Morgan fingerprint density at radius 1 is 1.17 bits per heavy atom. The van der Waals surface area contributed by atoms with Crippen LogP contribution < -0.4 is 5.32 Å². The smallest absolute Gasteiger partial charge is 0.408 e. The monoisotopic (exact) mass is 439 g/mol. The minimum absolute atomic E-state index is 0.129. The van der Waals surface area contributed by atoms with Gasteiger partial charge in [-0.15, -0.1) is 0 Å². The van der Waals surface area contributed by atoms with Crippen LogP contribution >= 0.6 is 31.9 Å². The summed E-state index contributed by atoms with van der Waals surface area (Å²) in [7, 11) is 0. The molecular formula is C17H12Br2FNO2. The van der Waals surface area contributed by atoms with Crippen molar-refractivity contribution in [3.8, 4) is 11.8 Å². The number of hydrogen-bond acceptors (Lipinski definition) is 2. The molecule has 2 rings (SSSR count). The van der Waals surface area contributed by atoms with Gasteiger partial charge in [-0.25, -0.2) is 9.18 Å². The molecule has 23 heavy (non-hydrogen) atoms. The van der Waals surface area contributed by atoms with E-state index in [9.17, 15) is 9.18 Å². The summed E-state index contributed by atoms with van der Waals surface area (Å²) in [6.07, 6.45) is -0.541. The fourth-order valence-electron chi connectivity index (χ4n) is 1.68. The Morgan fingerprint density at radius 3 is 2.48 bits per heavy atom. The van der Waals surface area contributed by atoms with Gasteiger partial charge in [0, 0.05) is 8.95 Å². The molecule has 0 aromatic heterocycles. The van der Waals surface area contributed by atoms with Crippen LogP contribution in [0.25, 0.3) is 0 Å². The van der Waals surface area contributed by atoms with Gasteiger partial charge in [-0.3, -0.25) is 0 Å². The lowest BCUT2D eigenvalue weighted by Crippen LogP contribution is -2.24. The SMILES string of the molecule is O=C(NCC#Cc1c(Br)cc(F)cc1Br)OCc1ccccc1. The topological polar surface area (TPSA) is 38.3 Å². The van der Waals surface area contributed by atoms with Crippen LogP contribution in [0.5, 0.6) is 0 Å². The van der Waals surface area contributed by atoms with Gasteiger partial charge in [0.25, 0.3) is 0 Å². The van der Waals surface area contributed by atoms with E-state index in [1.54, 1.807) is 0 Å². The van der Waals surface area contributed by atoms with Gasteiger partial charge in [0.15, 0.2) is 0 Å². The molecule has 0 saturated carbocycles. The average Bonchev–Trinajstić information content (AvgIpc) is 2.52. The maximum Gasteiger partial charge on any atom is 0.408 e. The molecule has 0 aliphatic heterocycles. The number of ether oxygens (including phenoxy) is 1. The summed E-state index contributed by atoms with van der Waals surface area (Å²) in [4.78, 5) is 11.5. The highest BCUT2D eigenvalue weighted by Gasteiger charge is 2.05. The Balaban J connectivity index is 1.83. The first-order valence-corrected chi connectivity index (χ1v) is 8.23. The Bertz CT molecular complexity index is 731. The fourth-order valence-corrected chi connectivity index (χ4v) is 3.01. The van der Waals surface area contributed by atoms with Gasteiger partial charge < -0.3 is 10.1 Å². The highest BCUT2D eigenvalue weighted by Crippen LogP contribution is 2.25. The molecule has 0 spiro atoms. The predicted octanol–water partition coefficient (Wildman–Crippen LogP) is 4.63. The second kappa shape index (κ2) is 8.70. The number of rotatable bonds is 3. The normalized spacial score (nSPS) is 9.70. The summed E-state index contributed by atoms with van der Waals surface area (Å²) in [5, 5.41) is 2.53. The van der Waals surface area contributed by atoms with Crippen molar-refractivity contribution in [1.82, 2.24) is 5.32 Å². The first-order valence-electron chi connectivity index (χ1n) is 6.64. The third-order valence-corrected chi connectivity index (χ3v) is 4.00. The summed E-state index contributed by atoms with van der Waals surface area (Å²) in [6, 6.07) is 12.0. The maximum absolute atomic E-state index is 13.1. The van der Waals surface area contributed by atoms with Crippen LogP contribution in [0.1, 0.15) is 11.1 Å². The molecule has 0 aliphatic rings. The van der Waals surface area contributed by atoms with Gasteiger partial charge in [-0.1, -0.05) is 42.2 Å². The number of halogens is 3. The van der Waals surface area contributed by atoms with Gasteiger partial charge in [0.05, 0.1) is 12.1 Å². The third-order valence-electron chi connectivity index (χ3n) is 2.75. The average molecular weight is 441 g/mol. The molecule has 0 radical (unpaired) electrons. The maximum atomic E-state index is 13.1. The molecular weight excluding hydrogens is 429 g/mol. The molecule has 2 aromatic carbocycles. The van der Waals surface area contributed by atoms with E-state index in [1.807, 2.05) is 30.3 Å². The van der Waals surface area contributed by atoms with E-state index in [0.29, 0.717) is 14.5 Å². The first kappa shape index (κ1) is 17.5. The van der Waals surface area contributed by atoms with Gasteiger partial charge in [0.2, 0.25) is 0 Å². The molecule has 1 amide bonds. The molecule has 118 valence electrons. The predicted molar refractivity (Wildman–Crippen MR) is 93.3 cm³/mol. The zero-order chi connectivity index (χ0) is 16.7. The highest BCUT2D eigenvalue weighted by atomic mass is 79.9. The van der Waals surface area contributed by atoms with Crippen LogP contribution in [0.4, 0.5) is 9.18 Å². The fraction of sp³-hybridized carbons (Fsp3) is 0.118. The molecule has 0 heterocycles. The summed E-state index contributed by atoms with van der Waals surface area (Å²) in [6.45, 7) is 0.332. The van der Waals surface area contributed by atoms with Crippen LogP contribution in [0.15, 0.2) is 51.4 Å². The second-order valence-electron chi connectivity index (χ2n) is 4.46. The van der Waals surface area contributed by atoms with E-state index in [2.05, 4.69) is 49.0 Å². The van der Waals surface area contributed by atoms with E-state index in [-0.39, 0.29) is 19.0 Å². The lowest BCUT2D eigenvalue weighted by Gasteiger charge is -2.04. The first-order chi connectivity index (χ1) is 11.1. The van der Waals surface area contributed by atoms with Crippen molar-refractivity contribution in [2.75, 3.05) is 6.54 Å². The molecule has 0 atom stereocenters. The molecule has 6 heteroatoms. The molecule has 0 saturated heterocycles. The van der Waals surface area contributed by atoms with Crippen molar-refractivity contribution < 1.29 is 13.9 Å². The van der Waals surface area contributed by atoms with Gasteiger partial charge in [-0.2, -0.15) is 0 Å². The lowest BCUT2D eigenvalue weighted by atomic mass is 10.2. The van der Waals surface area contributed by atoms with Crippen LogP contribution in [0.2, 0.25) is 0 Å². The van der Waals surface area contributed by atoms with Crippen LogP contribution in [-0.2, 0) is 11.3 Å². The van der Waals surface area contributed by atoms with E-state index in [4.69, 9.17) is 4.74 Å². The standard InChI is InChI=1S/C17H12Br2FNO2/c18-15-9-13(20)10-16(19)14(15)7-4-8-21-17(22)23-11-12-5-2-1-3-6-12/h1-3,5-6,9-10H,8,11H2,(H,21,22). The highest BCUT2D eigenvalue weighted by molar-refractivity contribution is 9.11. The van der Waals surface area contributed by atoms with E-state index in [0.717, 1.165) is 5.56 Å². The van der Waals surface area contributed by atoms with Crippen molar-refractivity contribution in [3.63, 3.8) is 0 Å². The number of alkyl carbamates (subject to hydrolysis) is 1. The number of nitrogens with one attached hydrogen (secondary N) is 1. The zero-order valence-corrected chi connectivity index (χ0v) is 15.1. The Kier molecular flexibility index (Phi) is 6.63. The molecule has 0 fully saturated rings. The molecule has 2 aromatic rings. The Hall–Kier alpha value is -1.84. The number of carbonyl (C=O) groups excluding carboxylic acids is 1. The van der Waals surface area contributed by atoms with Gasteiger partial charge in [0.1, 0.15) is 12.4 Å².